The number of rotatable bonds is 6. The SMILES string of the molecule is CSC(C)CCNc1cc(N)nc(-c2ccccc2)n1. The molecule has 1 atom stereocenters. The van der Waals surface area contributed by atoms with Gasteiger partial charge in [0.15, 0.2) is 5.82 Å². The molecule has 2 aromatic rings. The largest absolute Gasteiger partial charge is 0.384 e. The molecule has 0 aliphatic carbocycles. The summed E-state index contributed by atoms with van der Waals surface area (Å²) in [5, 5.41) is 3.95. The number of nitrogen functional groups attached to an aromatic ring is 1. The van der Waals surface area contributed by atoms with E-state index in [1.807, 2.05) is 42.1 Å². The zero-order valence-corrected chi connectivity index (χ0v) is 12.7. The van der Waals surface area contributed by atoms with E-state index in [-0.39, 0.29) is 0 Å². The van der Waals surface area contributed by atoms with Gasteiger partial charge in [0.25, 0.3) is 0 Å². The Morgan fingerprint density at radius 2 is 2.00 bits per heavy atom. The predicted octanol–water partition coefficient (Wildman–Crippen LogP) is 3.28. The molecule has 5 heteroatoms. The smallest absolute Gasteiger partial charge is 0.163 e. The predicted molar refractivity (Wildman–Crippen MR) is 88.0 cm³/mol. The van der Waals surface area contributed by atoms with Crippen LogP contribution in [0.3, 0.4) is 0 Å². The lowest BCUT2D eigenvalue weighted by Gasteiger charge is -2.11. The molecule has 0 amide bonds. The van der Waals surface area contributed by atoms with Gasteiger partial charge >= 0.3 is 0 Å². The topological polar surface area (TPSA) is 63.8 Å². The first-order valence-electron chi connectivity index (χ1n) is 6.65. The highest BCUT2D eigenvalue weighted by atomic mass is 32.2. The fourth-order valence-electron chi connectivity index (χ4n) is 1.79. The third-order valence-electron chi connectivity index (χ3n) is 3.04. The molecule has 3 N–H and O–H groups in total. The van der Waals surface area contributed by atoms with Gasteiger partial charge in [0.1, 0.15) is 11.6 Å². The van der Waals surface area contributed by atoms with Crippen molar-refractivity contribution in [2.24, 2.45) is 0 Å². The maximum atomic E-state index is 5.86. The lowest BCUT2D eigenvalue weighted by Crippen LogP contribution is -2.10. The van der Waals surface area contributed by atoms with Gasteiger partial charge in [0.2, 0.25) is 0 Å². The fraction of sp³-hybridized carbons (Fsp3) is 0.333. The second kappa shape index (κ2) is 7.14. The van der Waals surface area contributed by atoms with Crippen molar-refractivity contribution in [3.05, 3.63) is 36.4 Å². The highest BCUT2D eigenvalue weighted by Gasteiger charge is 2.05. The van der Waals surface area contributed by atoms with Gasteiger partial charge in [-0.3, -0.25) is 0 Å². The van der Waals surface area contributed by atoms with E-state index in [2.05, 4.69) is 28.5 Å². The number of hydrogen-bond donors (Lipinski definition) is 2. The van der Waals surface area contributed by atoms with Gasteiger partial charge in [-0.05, 0) is 12.7 Å². The zero-order valence-electron chi connectivity index (χ0n) is 11.8. The molecule has 106 valence electrons. The van der Waals surface area contributed by atoms with Crippen LogP contribution in [0, 0.1) is 0 Å². The van der Waals surface area contributed by atoms with Gasteiger partial charge in [-0.2, -0.15) is 11.8 Å². The summed E-state index contributed by atoms with van der Waals surface area (Å²) in [7, 11) is 0. The van der Waals surface area contributed by atoms with Crippen LogP contribution in [-0.2, 0) is 0 Å². The van der Waals surface area contributed by atoms with Crippen LogP contribution in [0.25, 0.3) is 11.4 Å². The van der Waals surface area contributed by atoms with Crippen LogP contribution in [0.5, 0.6) is 0 Å². The highest BCUT2D eigenvalue weighted by molar-refractivity contribution is 7.99. The van der Waals surface area contributed by atoms with Crippen LogP contribution in [0.4, 0.5) is 11.6 Å². The normalized spacial score (nSPS) is 12.1. The molecule has 1 aromatic carbocycles. The minimum atomic E-state index is 0.485. The Morgan fingerprint density at radius 1 is 1.25 bits per heavy atom. The Hall–Kier alpha value is -1.75. The number of benzene rings is 1. The van der Waals surface area contributed by atoms with Gasteiger partial charge in [0.05, 0.1) is 0 Å². The van der Waals surface area contributed by atoms with Crippen molar-refractivity contribution in [2.45, 2.75) is 18.6 Å². The van der Waals surface area contributed by atoms with Crippen molar-refractivity contribution in [2.75, 3.05) is 23.9 Å². The Balaban J connectivity index is 2.09. The number of nitrogens with one attached hydrogen (secondary N) is 1. The summed E-state index contributed by atoms with van der Waals surface area (Å²) in [5.74, 6) is 1.93. The molecule has 4 nitrogen and oxygen atoms in total. The second-order valence-corrected chi connectivity index (χ2v) is 5.91. The molecule has 0 saturated carbocycles. The number of anilines is 2. The quantitative estimate of drug-likeness (QED) is 0.854. The average molecular weight is 288 g/mol. The van der Waals surface area contributed by atoms with E-state index in [4.69, 9.17) is 5.73 Å². The Labute approximate surface area is 124 Å². The highest BCUT2D eigenvalue weighted by Crippen LogP contribution is 2.19. The second-order valence-electron chi connectivity index (χ2n) is 4.63. The van der Waals surface area contributed by atoms with Crippen LogP contribution < -0.4 is 11.1 Å². The van der Waals surface area contributed by atoms with Crippen molar-refractivity contribution >= 4 is 23.4 Å². The molecule has 0 saturated heterocycles. The van der Waals surface area contributed by atoms with Gasteiger partial charge < -0.3 is 11.1 Å². The van der Waals surface area contributed by atoms with Crippen LogP contribution in [0.2, 0.25) is 0 Å². The van der Waals surface area contributed by atoms with Gasteiger partial charge in [0, 0.05) is 23.4 Å². The summed E-state index contributed by atoms with van der Waals surface area (Å²) in [5.41, 5.74) is 6.83. The average Bonchev–Trinajstić information content (AvgIpc) is 2.47. The third kappa shape index (κ3) is 4.13. The molecule has 0 aliphatic heterocycles. The third-order valence-corrected chi connectivity index (χ3v) is 4.08. The molecule has 20 heavy (non-hydrogen) atoms. The van der Waals surface area contributed by atoms with E-state index in [1.54, 1.807) is 6.07 Å². The fourth-order valence-corrected chi connectivity index (χ4v) is 2.15. The monoisotopic (exact) mass is 288 g/mol. The summed E-state index contributed by atoms with van der Waals surface area (Å²) in [6.45, 7) is 3.10. The maximum Gasteiger partial charge on any atom is 0.163 e. The van der Waals surface area contributed by atoms with Crippen LogP contribution in [0.1, 0.15) is 13.3 Å². The van der Waals surface area contributed by atoms with Crippen molar-refractivity contribution < 1.29 is 0 Å². The van der Waals surface area contributed by atoms with Crippen molar-refractivity contribution in [3.8, 4) is 11.4 Å². The number of aromatic nitrogens is 2. The standard InChI is InChI=1S/C15H20N4S/c1-11(20-2)8-9-17-14-10-13(16)18-15(19-14)12-6-4-3-5-7-12/h3-7,10-11H,8-9H2,1-2H3,(H3,16,17,18,19). The molecule has 0 bridgehead atoms. The number of nitrogens with two attached hydrogens (primary N) is 1. The van der Waals surface area contributed by atoms with Gasteiger partial charge in [-0.1, -0.05) is 37.3 Å². The molecule has 0 fully saturated rings. The van der Waals surface area contributed by atoms with E-state index in [9.17, 15) is 0 Å². The van der Waals surface area contributed by atoms with Crippen molar-refractivity contribution in [3.63, 3.8) is 0 Å². The molecule has 0 spiro atoms. The minimum Gasteiger partial charge on any atom is -0.384 e. The van der Waals surface area contributed by atoms with Crippen LogP contribution >= 0.6 is 11.8 Å². The number of thioether (sulfide) groups is 1. The Bertz CT molecular complexity index is 545. The first kappa shape index (κ1) is 14.7. The van der Waals surface area contributed by atoms with Gasteiger partial charge in [-0.25, -0.2) is 9.97 Å². The van der Waals surface area contributed by atoms with E-state index in [0.29, 0.717) is 16.9 Å². The lowest BCUT2D eigenvalue weighted by atomic mass is 10.2. The molecule has 1 unspecified atom stereocenters. The first-order chi connectivity index (χ1) is 9.69. The van der Waals surface area contributed by atoms with Gasteiger partial charge in [-0.15, -0.1) is 0 Å². The van der Waals surface area contributed by atoms with E-state index >= 15 is 0 Å². The Morgan fingerprint density at radius 3 is 2.70 bits per heavy atom. The summed E-state index contributed by atoms with van der Waals surface area (Å²) in [6.07, 6.45) is 3.21. The maximum absolute atomic E-state index is 5.86. The van der Waals surface area contributed by atoms with Crippen LogP contribution in [-0.4, -0.2) is 28.0 Å². The Kier molecular flexibility index (Phi) is 5.24. The molecule has 1 heterocycles. The molecule has 0 aliphatic rings. The summed E-state index contributed by atoms with van der Waals surface area (Å²) in [4.78, 5) is 8.80. The molecular weight excluding hydrogens is 268 g/mol. The van der Waals surface area contributed by atoms with E-state index in [1.165, 1.54) is 0 Å². The summed E-state index contributed by atoms with van der Waals surface area (Å²) in [6, 6.07) is 11.6. The van der Waals surface area contributed by atoms with Crippen molar-refractivity contribution in [1.82, 2.24) is 9.97 Å². The number of nitrogens with zero attached hydrogens (tertiary/aromatic N) is 2. The zero-order chi connectivity index (χ0) is 14.4. The summed E-state index contributed by atoms with van der Waals surface area (Å²) < 4.78 is 0. The van der Waals surface area contributed by atoms with E-state index in [0.717, 1.165) is 24.3 Å². The minimum absolute atomic E-state index is 0.485. The lowest BCUT2D eigenvalue weighted by molar-refractivity contribution is 0.849. The molecule has 0 radical (unpaired) electrons. The molecule has 1 aromatic heterocycles. The summed E-state index contributed by atoms with van der Waals surface area (Å²) >= 11 is 1.87. The van der Waals surface area contributed by atoms with Crippen molar-refractivity contribution in [1.29, 1.82) is 0 Å². The molecule has 2 rings (SSSR count). The number of hydrogen-bond acceptors (Lipinski definition) is 5. The molecular formula is C15H20N4S. The van der Waals surface area contributed by atoms with Crippen LogP contribution in [0.15, 0.2) is 36.4 Å². The van der Waals surface area contributed by atoms with E-state index < -0.39 is 0 Å². The first-order valence-corrected chi connectivity index (χ1v) is 7.94.